The number of rotatable bonds is 3. The van der Waals surface area contributed by atoms with Crippen LogP contribution in [0.5, 0.6) is 5.75 Å². The number of hydrogen-bond acceptors (Lipinski definition) is 6. The second-order valence-electron chi connectivity index (χ2n) is 6.81. The lowest BCUT2D eigenvalue weighted by atomic mass is 10.0. The molecule has 1 amide bonds. The molecule has 10 heteroatoms. The van der Waals surface area contributed by atoms with E-state index in [2.05, 4.69) is 32.7 Å². The molecule has 3 aromatic rings. The molecule has 1 N–H and O–H groups in total. The van der Waals surface area contributed by atoms with E-state index in [-0.39, 0.29) is 11.5 Å². The summed E-state index contributed by atoms with van der Waals surface area (Å²) in [7, 11) is 0. The second-order valence-corrected chi connectivity index (χ2v) is 8.85. The molecule has 0 radical (unpaired) electrons. The Balaban J connectivity index is 2.11. The Bertz CT molecular complexity index is 1280. The molecule has 1 aliphatic heterocycles. The molecule has 0 spiro atoms. The zero-order valence-electron chi connectivity index (χ0n) is 16.9. The summed E-state index contributed by atoms with van der Waals surface area (Å²) in [5.74, 6) is -0.423. The maximum atomic E-state index is 13.1. The molecule has 4 rings (SSSR count). The van der Waals surface area contributed by atoms with Crippen LogP contribution < -0.4 is 19.9 Å². The zero-order chi connectivity index (χ0) is 22.3. The number of amides is 1. The van der Waals surface area contributed by atoms with E-state index in [9.17, 15) is 14.4 Å². The molecule has 0 saturated heterocycles. The molecular weight excluding hydrogens is 531 g/mol. The van der Waals surface area contributed by atoms with Crippen molar-refractivity contribution in [3.63, 3.8) is 0 Å². The number of H-pyrrole nitrogens is 1. The van der Waals surface area contributed by atoms with E-state index in [1.807, 2.05) is 6.07 Å². The molecule has 0 aliphatic carbocycles. The predicted octanol–water partition coefficient (Wildman–Crippen LogP) is 2.89. The molecule has 2 heterocycles. The third-order valence-electron chi connectivity index (χ3n) is 4.79. The van der Waals surface area contributed by atoms with Gasteiger partial charge in [0.05, 0.1) is 16.8 Å². The fourth-order valence-corrected chi connectivity index (χ4v) is 4.53. The minimum absolute atomic E-state index is 0.240. The molecule has 0 fully saturated rings. The third kappa shape index (κ3) is 3.85. The summed E-state index contributed by atoms with van der Waals surface area (Å²) in [6.07, 6.45) is 0.981. The fourth-order valence-electron chi connectivity index (χ4n) is 3.65. The summed E-state index contributed by atoms with van der Waals surface area (Å²) in [5, 5.41) is 5.02. The molecular formula is C21H18IN4O4S+. The molecule has 1 aromatic heterocycles. The molecule has 0 saturated carbocycles. The Kier molecular flexibility index (Phi) is 5.84. The highest BCUT2D eigenvalue weighted by Crippen LogP contribution is 2.40. The summed E-state index contributed by atoms with van der Waals surface area (Å²) >= 11 is 3.44. The van der Waals surface area contributed by atoms with Crippen molar-refractivity contribution in [3.05, 3.63) is 62.0 Å². The van der Waals surface area contributed by atoms with E-state index in [0.29, 0.717) is 33.4 Å². The van der Waals surface area contributed by atoms with Crippen LogP contribution in [-0.4, -0.2) is 28.2 Å². The minimum atomic E-state index is -0.820. The van der Waals surface area contributed by atoms with Crippen molar-refractivity contribution in [2.24, 2.45) is 0 Å². The average Bonchev–Trinajstić information content (AvgIpc) is 2.73. The van der Waals surface area contributed by atoms with Crippen LogP contribution in [0, 0.1) is 3.57 Å². The topological polar surface area (TPSA) is 96.2 Å². The number of carbonyl (C=O) groups is 2. The Labute approximate surface area is 195 Å². The Morgan fingerprint density at radius 3 is 2.65 bits per heavy atom. The van der Waals surface area contributed by atoms with Crippen molar-refractivity contribution in [2.45, 2.75) is 25.2 Å². The Hall–Kier alpha value is -2.73. The van der Waals surface area contributed by atoms with E-state index >= 15 is 0 Å². The van der Waals surface area contributed by atoms with Crippen LogP contribution in [0.3, 0.4) is 0 Å². The average molecular weight is 549 g/mol. The van der Waals surface area contributed by atoms with Crippen molar-refractivity contribution < 1.29 is 19.0 Å². The number of thioether (sulfide) groups is 1. The van der Waals surface area contributed by atoms with E-state index in [1.54, 1.807) is 47.6 Å². The number of nitrogens with one attached hydrogen (secondary N) is 1. The number of aromatic amines is 1. The van der Waals surface area contributed by atoms with Gasteiger partial charge >= 0.3 is 17.2 Å². The van der Waals surface area contributed by atoms with Gasteiger partial charge < -0.3 is 4.74 Å². The minimum Gasteiger partial charge on any atom is -0.426 e. The van der Waals surface area contributed by atoms with Crippen molar-refractivity contribution >= 4 is 51.9 Å². The first-order valence-electron chi connectivity index (χ1n) is 9.29. The van der Waals surface area contributed by atoms with Gasteiger partial charge in [-0.3, -0.25) is 19.4 Å². The molecule has 1 aliphatic rings. The highest BCUT2D eigenvalue weighted by atomic mass is 127. The number of carbonyl (C=O) groups excluding carboxylic acids is 2. The van der Waals surface area contributed by atoms with E-state index in [4.69, 9.17) is 4.74 Å². The fraction of sp³-hybridized carbons (Fsp3) is 0.190. The van der Waals surface area contributed by atoms with Gasteiger partial charge in [0.1, 0.15) is 5.75 Å². The number of aromatic nitrogens is 3. The van der Waals surface area contributed by atoms with Crippen molar-refractivity contribution in [1.82, 2.24) is 10.1 Å². The lowest BCUT2D eigenvalue weighted by molar-refractivity contribution is -0.763. The first kappa shape index (κ1) is 21.5. The third-order valence-corrected chi connectivity index (χ3v) is 6.04. The van der Waals surface area contributed by atoms with E-state index in [1.165, 1.54) is 30.3 Å². The van der Waals surface area contributed by atoms with Gasteiger partial charge in [-0.15, -0.1) is 0 Å². The van der Waals surface area contributed by atoms with Gasteiger partial charge in [0.15, 0.2) is 0 Å². The highest BCUT2D eigenvalue weighted by molar-refractivity contribution is 14.1. The number of nitrogens with zero attached hydrogens (tertiary/aromatic N) is 3. The van der Waals surface area contributed by atoms with Gasteiger partial charge in [-0.1, -0.05) is 23.9 Å². The Morgan fingerprint density at radius 1 is 1.23 bits per heavy atom. The number of benzene rings is 2. The number of para-hydroxylation sites is 1. The number of fused-ring (bicyclic) bond motifs is 3. The normalized spacial score (nSPS) is 14.6. The zero-order valence-corrected chi connectivity index (χ0v) is 19.9. The van der Waals surface area contributed by atoms with Crippen molar-refractivity contribution in [2.75, 3.05) is 11.2 Å². The monoisotopic (exact) mass is 549 g/mol. The summed E-state index contributed by atoms with van der Waals surface area (Å²) < 4.78 is 7.87. The van der Waals surface area contributed by atoms with Crippen LogP contribution in [0.4, 0.5) is 5.69 Å². The van der Waals surface area contributed by atoms with Crippen LogP contribution in [-0.2, 0) is 9.59 Å². The largest absolute Gasteiger partial charge is 0.426 e. The summed E-state index contributed by atoms with van der Waals surface area (Å²) in [6, 6.07) is 12.5. The van der Waals surface area contributed by atoms with Crippen LogP contribution in [0.15, 0.2) is 52.4 Å². The molecule has 1 atom stereocenters. The number of halogens is 1. The molecule has 0 bridgehead atoms. The van der Waals surface area contributed by atoms with Gasteiger partial charge in [-0.05, 0) is 63.9 Å². The van der Waals surface area contributed by atoms with Gasteiger partial charge in [-0.2, -0.15) is 0 Å². The first-order valence-corrected chi connectivity index (χ1v) is 11.6. The highest BCUT2D eigenvalue weighted by Gasteiger charge is 2.46. The molecule has 2 aromatic carbocycles. The SMILES string of the molecule is CSc1n[n+]2c(c(=O)[nH]1)-c1ccccc1N(C(C)=O)C2c1cc(I)ccc1OC(C)=O. The van der Waals surface area contributed by atoms with E-state index in [0.717, 1.165) is 3.57 Å². The lowest BCUT2D eigenvalue weighted by Crippen LogP contribution is -2.60. The number of ether oxygens (including phenoxy) is 1. The maximum absolute atomic E-state index is 13.1. The number of anilines is 1. The quantitative estimate of drug-likeness (QED) is 0.178. The summed E-state index contributed by atoms with van der Waals surface area (Å²) in [5.41, 5.74) is 1.72. The summed E-state index contributed by atoms with van der Waals surface area (Å²) in [4.78, 5) is 42.1. The summed E-state index contributed by atoms with van der Waals surface area (Å²) in [6.45, 7) is 2.77. The lowest BCUT2D eigenvalue weighted by Gasteiger charge is -2.31. The number of hydrogen-bond donors (Lipinski definition) is 1. The standard InChI is InChI=1S/C21H17IN4O4S/c1-11(27)25-16-7-5-4-6-14(16)18-19(29)23-21(31-3)24-26(18)20(25)15-10-13(22)8-9-17(15)30-12(2)28/h4-10,20H,1-3H3/p+1. The van der Waals surface area contributed by atoms with Gasteiger partial charge in [0, 0.05) is 22.5 Å². The van der Waals surface area contributed by atoms with Crippen molar-refractivity contribution in [3.8, 4) is 17.0 Å². The van der Waals surface area contributed by atoms with E-state index < -0.39 is 12.1 Å². The molecule has 158 valence electrons. The van der Waals surface area contributed by atoms with Gasteiger partial charge in [0.2, 0.25) is 11.1 Å². The van der Waals surface area contributed by atoms with Crippen LogP contribution in [0.1, 0.15) is 25.6 Å². The van der Waals surface area contributed by atoms with Crippen LogP contribution in [0.25, 0.3) is 11.3 Å². The number of esters is 1. The van der Waals surface area contributed by atoms with Crippen LogP contribution in [0.2, 0.25) is 0 Å². The van der Waals surface area contributed by atoms with Gasteiger partial charge in [-0.25, -0.2) is 4.90 Å². The molecule has 31 heavy (non-hydrogen) atoms. The predicted molar refractivity (Wildman–Crippen MR) is 124 cm³/mol. The molecule has 8 nitrogen and oxygen atoms in total. The Morgan fingerprint density at radius 2 is 1.97 bits per heavy atom. The second kappa shape index (κ2) is 8.42. The first-order chi connectivity index (χ1) is 14.8. The molecule has 1 unspecified atom stereocenters. The maximum Gasteiger partial charge on any atom is 0.325 e. The van der Waals surface area contributed by atoms with Crippen LogP contribution >= 0.6 is 34.4 Å². The van der Waals surface area contributed by atoms with Gasteiger partial charge in [0.25, 0.3) is 6.17 Å². The van der Waals surface area contributed by atoms with Crippen molar-refractivity contribution in [1.29, 1.82) is 0 Å². The smallest absolute Gasteiger partial charge is 0.325 e.